The molecule has 2 rings (SSSR count). The summed E-state index contributed by atoms with van der Waals surface area (Å²) in [6.07, 6.45) is 0. The van der Waals surface area contributed by atoms with Crippen LogP contribution in [0.2, 0.25) is 0 Å². The predicted octanol–water partition coefficient (Wildman–Crippen LogP) is 1.82. The second kappa shape index (κ2) is 3.14. The number of aryl methyl sites for hydroxylation is 1. The first-order valence-corrected chi connectivity index (χ1v) is 4.83. The van der Waals surface area contributed by atoms with E-state index in [0.29, 0.717) is 6.04 Å². The van der Waals surface area contributed by atoms with E-state index in [0.717, 1.165) is 23.9 Å². The highest BCUT2D eigenvalue weighted by molar-refractivity contribution is 5.04. The maximum Gasteiger partial charge on any atom is 0.150 e. The Balaban J connectivity index is 1.93. The lowest BCUT2D eigenvalue weighted by Gasteiger charge is -2.44. The summed E-state index contributed by atoms with van der Waals surface area (Å²) in [5.74, 6) is 1.81. The van der Waals surface area contributed by atoms with E-state index in [1.165, 1.54) is 6.54 Å². The number of hydrogen-bond acceptors (Lipinski definition) is 3. The average Bonchev–Trinajstić information content (AvgIpc) is 2.50. The van der Waals surface area contributed by atoms with E-state index >= 15 is 0 Å². The third-order valence-corrected chi connectivity index (χ3v) is 2.96. The molecule has 3 nitrogen and oxygen atoms in total. The molecule has 0 bridgehead atoms. The van der Waals surface area contributed by atoms with Crippen molar-refractivity contribution in [2.24, 2.45) is 5.92 Å². The molecule has 1 aliphatic rings. The molecule has 1 aromatic rings. The Labute approximate surface area is 78.7 Å². The van der Waals surface area contributed by atoms with Gasteiger partial charge in [-0.1, -0.05) is 12.1 Å². The minimum atomic E-state index is 0.686. The molecule has 1 saturated heterocycles. The summed E-state index contributed by atoms with van der Waals surface area (Å²) in [4.78, 5) is 2.41. The van der Waals surface area contributed by atoms with Crippen LogP contribution in [0.1, 0.15) is 25.3 Å². The van der Waals surface area contributed by atoms with Gasteiger partial charge in [0.2, 0.25) is 0 Å². The summed E-state index contributed by atoms with van der Waals surface area (Å²) in [7, 11) is 0. The van der Waals surface area contributed by atoms with E-state index in [2.05, 4.69) is 23.9 Å². The van der Waals surface area contributed by atoms with E-state index in [-0.39, 0.29) is 0 Å². The van der Waals surface area contributed by atoms with Crippen molar-refractivity contribution in [2.75, 3.05) is 6.54 Å². The standard InChI is InChI=1S/C10H16N2O/c1-7-5-12(9(7)3)6-10-4-8(2)11-13-10/h4,7,9H,5-6H2,1-3H3. The van der Waals surface area contributed by atoms with E-state index in [1.54, 1.807) is 0 Å². The maximum atomic E-state index is 5.16. The Morgan fingerprint density at radius 2 is 2.38 bits per heavy atom. The van der Waals surface area contributed by atoms with Crippen LogP contribution in [0.5, 0.6) is 0 Å². The lowest BCUT2D eigenvalue weighted by Crippen LogP contribution is -2.52. The highest BCUT2D eigenvalue weighted by Gasteiger charge is 2.32. The SMILES string of the molecule is Cc1cc(CN2CC(C)C2C)on1. The highest BCUT2D eigenvalue weighted by Crippen LogP contribution is 2.25. The minimum absolute atomic E-state index is 0.686. The van der Waals surface area contributed by atoms with Gasteiger partial charge in [0.1, 0.15) is 0 Å². The Bertz CT molecular complexity index is 295. The van der Waals surface area contributed by atoms with E-state index in [4.69, 9.17) is 4.52 Å². The smallest absolute Gasteiger partial charge is 0.150 e. The van der Waals surface area contributed by atoms with Crippen molar-refractivity contribution in [1.82, 2.24) is 10.1 Å². The fraction of sp³-hybridized carbons (Fsp3) is 0.700. The topological polar surface area (TPSA) is 29.3 Å². The monoisotopic (exact) mass is 180 g/mol. The molecule has 3 heteroatoms. The normalized spacial score (nSPS) is 28.8. The van der Waals surface area contributed by atoms with Crippen LogP contribution in [0.3, 0.4) is 0 Å². The number of aromatic nitrogens is 1. The number of hydrogen-bond donors (Lipinski definition) is 0. The van der Waals surface area contributed by atoms with Gasteiger partial charge in [0.25, 0.3) is 0 Å². The number of likely N-dealkylation sites (tertiary alicyclic amines) is 1. The second-order valence-corrected chi connectivity index (χ2v) is 4.08. The predicted molar refractivity (Wildman–Crippen MR) is 50.3 cm³/mol. The van der Waals surface area contributed by atoms with Gasteiger partial charge in [0.05, 0.1) is 12.2 Å². The first-order chi connectivity index (χ1) is 6.16. The van der Waals surface area contributed by atoms with Gasteiger partial charge >= 0.3 is 0 Å². The van der Waals surface area contributed by atoms with Crippen LogP contribution < -0.4 is 0 Å². The molecule has 0 aromatic carbocycles. The summed E-state index contributed by atoms with van der Waals surface area (Å²) >= 11 is 0. The summed E-state index contributed by atoms with van der Waals surface area (Å²) in [6.45, 7) is 8.59. The molecule has 13 heavy (non-hydrogen) atoms. The molecular weight excluding hydrogens is 164 g/mol. The maximum absolute atomic E-state index is 5.16. The molecule has 72 valence electrons. The fourth-order valence-electron chi connectivity index (χ4n) is 1.81. The Hall–Kier alpha value is -0.830. The minimum Gasteiger partial charge on any atom is -0.360 e. The summed E-state index contributed by atoms with van der Waals surface area (Å²) in [5, 5.41) is 3.87. The van der Waals surface area contributed by atoms with E-state index in [9.17, 15) is 0 Å². The highest BCUT2D eigenvalue weighted by atomic mass is 16.5. The lowest BCUT2D eigenvalue weighted by atomic mass is 9.92. The second-order valence-electron chi connectivity index (χ2n) is 4.08. The van der Waals surface area contributed by atoms with Crippen LogP contribution in [0.15, 0.2) is 10.6 Å². The molecule has 0 spiro atoms. The molecule has 0 radical (unpaired) electrons. The van der Waals surface area contributed by atoms with Crippen molar-refractivity contribution >= 4 is 0 Å². The molecule has 0 N–H and O–H groups in total. The van der Waals surface area contributed by atoms with Gasteiger partial charge in [-0.15, -0.1) is 0 Å². The van der Waals surface area contributed by atoms with Gasteiger partial charge in [-0.2, -0.15) is 0 Å². The molecule has 1 aliphatic heterocycles. The molecule has 2 unspecified atom stereocenters. The van der Waals surface area contributed by atoms with Gasteiger partial charge < -0.3 is 4.52 Å². The van der Waals surface area contributed by atoms with Crippen LogP contribution in [-0.2, 0) is 6.54 Å². The van der Waals surface area contributed by atoms with Gasteiger partial charge in [0, 0.05) is 18.7 Å². The summed E-state index contributed by atoms with van der Waals surface area (Å²) in [5.41, 5.74) is 0.969. The molecule has 0 aliphatic carbocycles. The van der Waals surface area contributed by atoms with Crippen molar-refractivity contribution in [3.63, 3.8) is 0 Å². The van der Waals surface area contributed by atoms with Gasteiger partial charge in [-0.05, 0) is 19.8 Å². The number of nitrogens with zero attached hydrogens (tertiary/aromatic N) is 2. The molecular formula is C10H16N2O. The largest absolute Gasteiger partial charge is 0.360 e. The molecule has 1 aromatic heterocycles. The molecule has 0 amide bonds. The third kappa shape index (κ3) is 1.61. The van der Waals surface area contributed by atoms with Crippen LogP contribution in [0, 0.1) is 12.8 Å². The summed E-state index contributed by atoms with van der Waals surface area (Å²) in [6, 6.07) is 2.70. The zero-order valence-electron chi connectivity index (χ0n) is 8.45. The molecule has 1 fully saturated rings. The van der Waals surface area contributed by atoms with Gasteiger partial charge in [-0.25, -0.2) is 0 Å². The first kappa shape index (κ1) is 8.75. The fourth-order valence-corrected chi connectivity index (χ4v) is 1.81. The van der Waals surface area contributed by atoms with Crippen LogP contribution >= 0.6 is 0 Å². The average molecular weight is 180 g/mol. The number of rotatable bonds is 2. The Morgan fingerprint density at radius 3 is 2.85 bits per heavy atom. The third-order valence-electron chi connectivity index (χ3n) is 2.96. The van der Waals surface area contributed by atoms with Gasteiger partial charge in [-0.3, -0.25) is 4.90 Å². The first-order valence-electron chi connectivity index (χ1n) is 4.83. The lowest BCUT2D eigenvalue weighted by molar-refractivity contribution is 0.0231. The molecule has 2 atom stereocenters. The Kier molecular flexibility index (Phi) is 2.12. The van der Waals surface area contributed by atoms with E-state index in [1.807, 2.05) is 13.0 Å². The van der Waals surface area contributed by atoms with Crippen LogP contribution in [-0.4, -0.2) is 22.6 Å². The van der Waals surface area contributed by atoms with Crippen molar-refractivity contribution in [3.05, 3.63) is 17.5 Å². The zero-order valence-corrected chi connectivity index (χ0v) is 8.45. The van der Waals surface area contributed by atoms with E-state index < -0.39 is 0 Å². The van der Waals surface area contributed by atoms with Crippen LogP contribution in [0.25, 0.3) is 0 Å². The van der Waals surface area contributed by atoms with Crippen molar-refractivity contribution in [3.8, 4) is 0 Å². The van der Waals surface area contributed by atoms with Crippen molar-refractivity contribution in [2.45, 2.75) is 33.4 Å². The summed E-state index contributed by atoms with van der Waals surface area (Å²) < 4.78 is 5.16. The Morgan fingerprint density at radius 1 is 1.62 bits per heavy atom. The molecule has 2 heterocycles. The molecule has 0 saturated carbocycles. The zero-order chi connectivity index (χ0) is 9.42. The van der Waals surface area contributed by atoms with Crippen molar-refractivity contribution in [1.29, 1.82) is 0 Å². The quantitative estimate of drug-likeness (QED) is 0.695. The van der Waals surface area contributed by atoms with Crippen molar-refractivity contribution < 1.29 is 4.52 Å². The van der Waals surface area contributed by atoms with Gasteiger partial charge in [0.15, 0.2) is 5.76 Å². The van der Waals surface area contributed by atoms with Crippen LogP contribution in [0.4, 0.5) is 0 Å².